The highest BCUT2D eigenvalue weighted by atomic mass is 19.1. The number of fused-ring (bicyclic) bond motifs is 7. The van der Waals surface area contributed by atoms with Crippen molar-refractivity contribution in [3.8, 4) is 23.2 Å². The maximum absolute atomic E-state index is 15.5. The molecule has 3 aliphatic heterocycles. The summed E-state index contributed by atoms with van der Waals surface area (Å²) in [7, 11) is 0. The molecule has 0 fully saturated rings. The van der Waals surface area contributed by atoms with Gasteiger partial charge in [0.15, 0.2) is 5.60 Å². The highest BCUT2D eigenvalue weighted by Crippen LogP contribution is 2.46. The van der Waals surface area contributed by atoms with Crippen molar-refractivity contribution in [2.45, 2.75) is 129 Å². The Kier molecular flexibility index (Phi) is 31.5. The number of aliphatic hydroxyl groups is 1. The number of ether oxygens (including phenoxy) is 10. The predicted octanol–water partition coefficient (Wildman–Crippen LogP) is 5.82. The van der Waals surface area contributed by atoms with Gasteiger partial charge in [-0.3, -0.25) is 28.8 Å². The number of carbonyl (C=O) groups is 8. The van der Waals surface area contributed by atoms with E-state index in [4.69, 9.17) is 58.1 Å². The van der Waals surface area contributed by atoms with Crippen LogP contribution in [0.4, 0.5) is 25.4 Å². The zero-order valence-electron chi connectivity index (χ0n) is 63.6. The van der Waals surface area contributed by atoms with Crippen molar-refractivity contribution in [1.82, 2.24) is 36.1 Å². The third-order valence-corrected chi connectivity index (χ3v) is 19.5. The number of hydrogen-bond acceptors (Lipinski definition) is 21. The number of urea groups is 1. The number of alkyl carbamates (subject to hydrolysis) is 1. The number of carbonyl (C=O) groups excluding carboxylic acids is 8. The molecular weight excluding hydrogens is 1450 g/mol. The zero-order chi connectivity index (χ0) is 79.5. The third kappa shape index (κ3) is 22.7. The van der Waals surface area contributed by atoms with Crippen molar-refractivity contribution in [2.24, 2.45) is 11.7 Å². The van der Waals surface area contributed by atoms with Crippen LogP contribution in [0.1, 0.15) is 127 Å². The van der Waals surface area contributed by atoms with Gasteiger partial charge in [-0.05, 0) is 109 Å². The molecule has 0 spiro atoms. The topological polar surface area (TPSA) is 385 Å². The Morgan fingerprint density at radius 2 is 1.31 bits per heavy atom. The lowest BCUT2D eigenvalue weighted by atomic mass is 9.81. The Morgan fingerprint density at radius 1 is 0.696 bits per heavy atom. The molecule has 4 atom stereocenters. The van der Waals surface area contributed by atoms with Gasteiger partial charge in [-0.15, -0.1) is 0 Å². The van der Waals surface area contributed by atoms with Gasteiger partial charge in [0.2, 0.25) is 29.5 Å². The van der Waals surface area contributed by atoms with Crippen LogP contribution in [-0.2, 0) is 114 Å². The fourth-order valence-corrected chi connectivity index (χ4v) is 13.5. The second-order valence-corrected chi connectivity index (χ2v) is 27.5. The molecule has 5 heterocycles. The molecule has 10 rings (SSSR count). The first kappa shape index (κ1) is 84.2. The number of para-hydroxylation sites is 1. The van der Waals surface area contributed by atoms with E-state index in [1.165, 1.54) is 10.6 Å². The molecule has 0 saturated heterocycles. The molecule has 30 nitrogen and oxygen atoms in total. The number of amides is 8. The van der Waals surface area contributed by atoms with Crippen molar-refractivity contribution in [2.75, 3.05) is 129 Å². The summed E-state index contributed by atoms with van der Waals surface area (Å²) in [5.74, 6) is 2.66. The maximum atomic E-state index is 15.5. The van der Waals surface area contributed by atoms with Crippen LogP contribution in [0.2, 0.25) is 0 Å². The number of benzene rings is 4. The van der Waals surface area contributed by atoms with Crippen molar-refractivity contribution in [1.29, 1.82) is 0 Å². The number of hydrogen-bond donors (Lipinski definition) is 8. The van der Waals surface area contributed by atoms with Gasteiger partial charge >= 0.3 is 18.1 Å². The van der Waals surface area contributed by atoms with E-state index >= 15 is 4.39 Å². The first-order valence-electron chi connectivity index (χ1n) is 37.9. The number of anilines is 2. The molecule has 600 valence electrons. The quantitative estimate of drug-likeness (QED) is 0.0127. The molecule has 0 bridgehead atoms. The number of aromatic nitrogens is 2. The normalized spacial score (nSPS) is 15.5. The number of primary amides is 1. The average Bonchev–Trinajstić information content (AvgIpc) is 1.51. The van der Waals surface area contributed by atoms with E-state index in [-0.39, 0.29) is 114 Å². The first-order chi connectivity index (χ1) is 54.2. The van der Waals surface area contributed by atoms with Gasteiger partial charge in [0.25, 0.3) is 5.56 Å². The van der Waals surface area contributed by atoms with Crippen molar-refractivity contribution in [3.05, 3.63) is 157 Å². The molecule has 1 aliphatic carbocycles. The largest absolute Gasteiger partial charge is 0.458 e. The van der Waals surface area contributed by atoms with Crippen LogP contribution in [0.15, 0.2) is 89.7 Å². The lowest BCUT2D eigenvalue weighted by molar-refractivity contribution is -0.172. The Morgan fingerprint density at radius 3 is 1.96 bits per heavy atom. The SMILES string of the molecule is CC[C@@]1(O)C(=O)OCc2c1cc1n(c2=O)Cc2c-1nc1cc(F)c(C)c3c1c2C(NC(=O)OCc1ccc(NC(=O)[C@H](CCCNC(N)=O)NC(=O)[C@@H](NC(=O)CCOCCOCCOCCOCCOCCOCCOCCOCCNC(=O)CCC(=O)N2Cc4ccccc4C#Cc4ccccc42)C(C)C)cc1)CC3. The lowest BCUT2D eigenvalue weighted by Crippen LogP contribution is -2.54. The minimum atomic E-state index is -2.06. The van der Waals surface area contributed by atoms with E-state index in [0.29, 0.717) is 162 Å². The third-order valence-electron chi connectivity index (χ3n) is 19.5. The molecule has 9 N–H and O–H groups in total. The predicted molar refractivity (Wildman–Crippen MR) is 408 cm³/mol. The number of pyridine rings is 2. The van der Waals surface area contributed by atoms with E-state index in [1.54, 1.807) is 62.9 Å². The Balaban J connectivity index is 0.540. The number of esters is 1. The molecule has 8 amide bonds. The molecule has 2 aromatic heterocycles. The van der Waals surface area contributed by atoms with Crippen molar-refractivity contribution >= 4 is 69.9 Å². The van der Waals surface area contributed by atoms with Crippen LogP contribution >= 0.6 is 0 Å². The highest BCUT2D eigenvalue weighted by molar-refractivity contribution is 5.99. The van der Waals surface area contributed by atoms with Crippen molar-refractivity contribution < 1.29 is 95.2 Å². The maximum Gasteiger partial charge on any atom is 0.407 e. The number of rotatable bonds is 44. The Labute approximate surface area is 648 Å². The summed E-state index contributed by atoms with van der Waals surface area (Å²) < 4.78 is 72.5. The van der Waals surface area contributed by atoms with Crippen LogP contribution in [0, 0.1) is 30.5 Å². The molecule has 1 unspecified atom stereocenters. The number of nitrogens with one attached hydrogen (secondary N) is 6. The van der Waals surface area contributed by atoms with E-state index in [0.717, 1.165) is 27.9 Å². The highest BCUT2D eigenvalue weighted by Gasteiger charge is 2.46. The fourth-order valence-electron chi connectivity index (χ4n) is 13.5. The number of aryl methyl sites for hydroxylation is 1. The summed E-state index contributed by atoms with van der Waals surface area (Å²) >= 11 is 0. The molecular formula is C81H99FN10O20. The van der Waals surface area contributed by atoms with E-state index in [9.17, 15) is 48.3 Å². The summed E-state index contributed by atoms with van der Waals surface area (Å²) in [5.41, 5.74) is 10.7. The van der Waals surface area contributed by atoms with Crippen LogP contribution in [0.3, 0.4) is 0 Å². The minimum Gasteiger partial charge on any atom is -0.458 e. The number of nitrogens with zero attached hydrogens (tertiary/aromatic N) is 3. The van der Waals surface area contributed by atoms with Crippen molar-refractivity contribution in [3.63, 3.8) is 0 Å². The second-order valence-electron chi connectivity index (χ2n) is 27.5. The summed E-state index contributed by atoms with van der Waals surface area (Å²) in [5, 5.41) is 28.7. The zero-order valence-corrected chi connectivity index (χ0v) is 63.6. The molecule has 0 radical (unpaired) electrons. The van der Waals surface area contributed by atoms with Gasteiger partial charge in [-0.1, -0.05) is 75.1 Å². The summed E-state index contributed by atoms with van der Waals surface area (Å²) in [6.45, 7) is 12.4. The Bertz CT molecular complexity index is 4450. The summed E-state index contributed by atoms with van der Waals surface area (Å²) in [6.07, 6.45) is 0.353. The average molecular weight is 1550 g/mol. The molecule has 4 aliphatic rings. The second kappa shape index (κ2) is 41.8. The van der Waals surface area contributed by atoms with Crippen LogP contribution in [-0.4, -0.2) is 193 Å². The standard InChI is InChI=1S/C81H99FN10O20/c1-5-81(102)61-45-67-74-59(48-92(67)77(98)60(61)50-111-78(81)99)72-63(23-22-58-52(4)62(82)46-65(87-74)71(58)72)89-80(101)112-49-53-16-20-57(21-17-53)86-75(96)64(14-10-27-85-79(83)100)88-76(97)73(51(2)3)90-69(94)26-29-103-31-33-105-35-37-107-39-41-109-43-44-110-42-40-108-38-36-106-34-32-104-30-28-84-68(93)24-25-70(95)91-47-56-13-7-6-11-54(56)18-19-55-12-8-9-15-66(55)91/h6-9,11-13,15-17,20-21,45-46,51,63-64,73,102H,5,10,14,22-44,47-50H2,1-4H3,(H,84,93)(H,86,96)(H,88,97)(H,89,101)(H,90,94)(H3,83,85,100)/t63?,64-,73-,81-/m0/s1. The van der Waals surface area contributed by atoms with Gasteiger partial charge in [-0.25, -0.2) is 23.8 Å². The number of nitrogens with two attached hydrogens (primary N) is 1. The van der Waals surface area contributed by atoms with E-state index < -0.39 is 70.9 Å². The van der Waals surface area contributed by atoms with Gasteiger partial charge in [0.1, 0.15) is 31.1 Å². The minimum absolute atomic E-state index is 0.0480. The van der Waals surface area contributed by atoms with Gasteiger partial charge < -0.3 is 99.6 Å². The number of halogens is 1. The molecule has 31 heteroatoms. The monoisotopic (exact) mass is 1550 g/mol. The first-order valence-corrected chi connectivity index (χ1v) is 37.9. The van der Waals surface area contributed by atoms with Gasteiger partial charge in [-0.2, -0.15) is 0 Å². The molecule has 0 saturated carbocycles. The van der Waals surface area contributed by atoms with Gasteiger partial charge in [0.05, 0.1) is 153 Å². The summed E-state index contributed by atoms with van der Waals surface area (Å²) in [6, 6.07) is 21.1. The van der Waals surface area contributed by atoms with Crippen LogP contribution < -0.4 is 48.1 Å². The van der Waals surface area contributed by atoms with E-state index in [1.807, 2.05) is 48.5 Å². The Hall–Kier alpha value is -10.3. The van der Waals surface area contributed by atoms with E-state index in [2.05, 4.69) is 43.7 Å². The number of cyclic esters (lactones) is 1. The van der Waals surface area contributed by atoms with Crippen LogP contribution in [0.25, 0.3) is 22.3 Å². The van der Waals surface area contributed by atoms with Crippen LogP contribution in [0.5, 0.6) is 0 Å². The molecule has 6 aromatic rings. The lowest BCUT2D eigenvalue weighted by Gasteiger charge is -2.31. The molecule has 4 aromatic carbocycles. The fraction of sp³-hybridized carbons (Fsp3) is 0.481. The summed E-state index contributed by atoms with van der Waals surface area (Å²) in [4.78, 5) is 125. The smallest absolute Gasteiger partial charge is 0.407 e. The van der Waals surface area contributed by atoms with Gasteiger partial charge in [0, 0.05) is 71.7 Å². The molecule has 112 heavy (non-hydrogen) atoms.